The van der Waals surface area contributed by atoms with Crippen LogP contribution in [0.1, 0.15) is 29.8 Å². The molecule has 150 valence electrons. The molecule has 28 heavy (non-hydrogen) atoms. The maximum atomic E-state index is 12.3. The normalized spacial score (nSPS) is 20.1. The van der Waals surface area contributed by atoms with Crippen LogP contribution in [0.25, 0.3) is 0 Å². The second kappa shape index (κ2) is 10.3. The number of carbonyl (C=O) groups is 1. The molecular weight excluding hydrogens is 392 g/mol. The maximum Gasteiger partial charge on any atom is 0.251 e. The quantitative estimate of drug-likeness (QED) is 0.532. The molecular formula is C22H27ClN2O2S. The third kappa shape index (κ3) is 6.52. The molecule has 1 aliphatic heterocycles. The smallest absolute Gasteiger partial charge is 0.251 e. The van der Waals surface area contributed by atoms with Gasteiger partial charge in [0.2, 0.25) is 0 Å². The molecule has 0 aromatic heterocycles. The summed E-state index contributed by atoms with van der Waals surface area (Å²) in [5.74, 6) is 0.788. The van der Waals surface area contributed by atoms with E-state index in [9.17, 15) is 4.79 Å². The summed E-state index contributed by atoms with van der Waals surface area (Å²) in [6.07, 6.45) is 0.527. The Kier molecular flexibility index (Phi) is 7.80. The SMILES string of the molecule is CC1CN(Cc2ccc(C(=O)NCCSc3ccc(Cl)cc3)cc2)CC(C)O1. The van der Waals surface area contributed by atoms with Gasteiger partial charge in [0, 0.05) is 47.4 Å². The number of hydrogen-bond acceptors (Lipinski definition) is 4. The molecule has 4 nitrogen and oxygen atoms in total. The van der Waals surface area contributed by atoms with E-state index in [1.165, 1.54) is 5.56 Å². The Hall–Kier alpha value is -1.53. The van der Waals surface area contributed by atoms with E-state index < -0.39 is 0 Å². The van der Waals surface area contributed by atoms with E-state index in [4.69, 9.17) is 16.3 Å². The molecule has 3 rings (SSSR count). The number of amides is 1. The Labute approximate surface area is 176 Å². The molecule has 1 saturated heterocycles. The molecule has 0 bridgehead atoms. The van der Waals surface area contributed by atoms with Gasteiger partial charge in [0.1, 0.15) is 0 Å². The highest BCUT2D eigenvalue weighted by molar-refractivity contribution is 7.99. The van der Waals surface area contributed by atoms with Crippen LogP contribution >= 0.6 is 23.4 Å². The first-order valence-electron chi connectivity index (χ1n) is 9.63. The molecule has 6 heteroatoms. The Morgan fingerprint density at radius 1 is 1.11 bits per heavy atom. The second-order valence-electron chi connectivity index (χ2n) is 7.21. The number of benzene rings is 2. The lowest BCUT2D eigenvalue weighted by molar-refractivity contribution is -0.0704. The van der Waals surface area contributed by atoms with Crippen LogP contribution in [0, 0.1) is 0 Å². The lowest BCUT2D eigenvalue weighted by Crippen LogP contribution is -2.44. The number of halogens is 1. The average molecular weight is 419 g/mol. The van der Waals surface area contributed by atoms with Crippen molar-refractivity contribution in [1.82, 2.24) is 10.2 Å². The number of thioether (sulfide) groups is 1. The first kappa shape index (κ1) is 21.2. The fourth-order valence-electron chi connectivity index (χ4n) is 3.40. The Bertz CT molecular complexity index is 757. The van der Waals surface area contributed by atoms with Crippen LogP contribution in [0.2, 0.25) is 5.02 Å². The summed E-state index contributed by atoms with van der Waals surface area (Å²) in [4.78, 5) is 15.9. The lowest BCUT2D eigenvalue weighted by Gasteiger charge is -2.35. The molecule has 0 spiro atoms. The standard InChI is InChI=1S/C22H27ClN2O2S/c1-16-13-25(14-17(2)27-16)15-18-3-5-19(6-4-18)22(26)24-11-12-28-21-9-7-20(23)8-10-21/h3-10,16-17H,11-15H2,1-2H3,(H,24,26). The molecule has 1 fully saturated rings. The number of morpholine rings is 1. The number of hydrogen-bond donors (Lipinski definition) is 1. The number of rotatable bonds is 7. The van der Waals surface area contributed by atoms with Gasteiger partial charge in [-0.1, -0.05) is 23.7 Å². The van der Waals surface area contributed by atoms with E-state index in [0.29, 0.717) is 12.1 Å². The van der Waals surface area contributed by atoms with Gasteiger partial charge in [0.05, 0.1) is 12.2 Å². The summed E-state index contributed by atoms with van der Waals surface area (Å²) in [5.41, 5.74) is 1.92. The Morgan fingerprint density at radius 3 is 2.39 bits per heavy atom. The predicted octanol–water partition coefficient (Wildman–Crippen LogP) is 4.47. The summed E-state index contributed by atoms with van der Waals surface area (Å²) >= 11 is 7.59. The number of nitrogens with zero attached hydrogens (tertiary/aromatic N) is 1. The summed E-state index contributed by atoms with van der Waals surface area (Å²) in [5, 5.41) is 3.72. The van der Waals surface area contributed by atoms with Crippen molar-refractivity contribution in [2.24, 2.45) is 0 Å². The minimum Gasteiger partial charge on any atom is -0.373 e. The third-order valence-electron chi connectivity index (χ3n) is 4.59. The summed E-state index contributed by atoms with van der Waals surface area (Å²) < 4.78 is 5.78. The van der Waals surface area contributed by atoms with Crippen LogP contribution in [-0.2, 0) is 11.3 Å². The minimum absolute atomic E-state index is 0.0307. The lowest BCUT2D eigenvalue weighted by atomic mass is 10.1. The van der Waals surface area contributed by atoms with Crippen LogP contribution in [-0.4, -0.2) is 48.4 Å². The summed E-state index contributed by atoms with van der Waals surface area (Å²) in [6, 6.07) is 15.6. The van der Waals surface area contributed by atoms with Crippen LogP contribution in [0.5, 0.6) is 0 Å². The van der Waals surface area contributed by atoms with Crippen molar-refractivity contribution < 1.29 is 9.53 Å². The van der Waals surface area contributed by atoms with Gasteiger partial charge in [0.25, 0.3) is 5.91 Å². The van der Waals surface area contributed by atoms with Gasteiger partial charge in [-0.15, -0.1) is 11.8 Å². The van der Waals surface area contributed by atoms with Crippen LogP contribution in [0.15, 0.2) is 53.4 Å². The van der Waals surface area contributed by atoms with Crippen LogP contribution in [0.4, 0.5) is 0 Å². The zero-order chi connectivity index (χ0) is 19.9. The van der Waals surface area contributed by atoms with Crippen molar-refractivity contribution in [2.45, 2.75) is 37.5 Å². The Morgan fingerprint density at radius 2 is 1.75 bits per heavy atom. The summed E-state index contributed by atoms with van der Waals surface area (Å²) in [6.45, 7) is 7.62. The highest BCUT2D eigenvalue weighted by atomic mass is 35.5. The van der Waals surface area contributed by atoms with Crippen molar-refractivity contribution in [1.29, 1.82) is 0 Å². The van der Waals surface area contributed by atoms with Crippen molar-refractivity contribution in [3.05, 3.63) is 64.7 Å². The molecule has 1 amide bonds. The molecule has 1 N–H and O–H groups in total. The van der Waals surface area contributed by atoms with E-state index in [1.54, 1.807) is 11.8 Å². The van der Waals surface area contributed by atoms with Gasteiger partial charge in [-0.25, -0.2) is 0 Å². The minimum atomic E-state index is -0.0307. The van der Waals surface area contributed by atoms with Gasteiger partial charge < -0.3 is 10.1 Å². The molecule has 2 unspecified atom stereocenters. The summed E-state index contributed by atoms with van der Waals surface area (Å²) in [7, 11) is 0. The van der Waals surface area contributed by atoms with Gasteiger partial charge in [-0.3, -0.25) is 9.69 Å². The van der Waals surface area contributed by atoms with Gasteiger partial charge in [-0.2, -0.15) is 0 Å². The fourth-order valence-corrected chi connectivity index (χ4v) is 4.29. The topological polar surface area (TPSA) is 41.6 Å². The molecule has 0 radical (unpaired) electrons. The maximum absolute atomic E-state index is 12.3. The van der Waals surface area contributed by atoms with Gasteiger partial charge >= 0.3 is 0 Å². The second-order valence-corrected chi connectivity index (χ2v) is 8.81. The molecule has 1 aliphatic rings. The van der Waals surface area contributed by atoms with Crippen molar-refractivity contribution in [3.8, 4) is 0 Å². The molecule has 1 heterocycles. The van der Waals surface area contributed by atoms with E-state index in [0.717, 1.165) is 35.3 Å². The first-order chi connectivity index (χ1) is 13.5. The molecule has 2 atom stereocenters. The number of nitrogens with one attached hydrogen (secondary N) is 1. The molecule has 0 aliphatic carbocycles. The molecule has 0 saturated carbocycles. The van der Waals surface area contributed by atoms with Crippen molar-refractivity contribution in [3.63, 3.8) is 0 Å². The van der Waals surface area contributed by atoms with E-state index in [2.05, 4.69) is 24.1 Å². The van der Waals surface area contributed by atoms with Gasteiger partial charge in [-0.05, 0) is 55.8 Å². The van der Waals surface area contributed by atoms with Crippen LogP contribution < -0.4 is 5.32 Å². The number of carbonyl (C=O) groups excluding carboxylic acids is 1. The predicted molar refractivity (Wildman–Crippen MR) is 116 cm³/mol. The Balaban J connectivity index is 1.42. The fraction of sp³-hybridized carbons (Fsp3) is 0.409. The third-order valence-corrected chi connectivity index (χ3v) is 5.85. The largest absolute Gasteiger partial charge is 0.373 e. The highest BCUT2D eigenvalue weighted by Crippen LogP contribution is 2.20. The molecule has 2 aromatic rings. The zero-order valence-corrected chi connectivity index (χ0v) is 17.9. The van der Waals surface area contributed by atoms with E-state index >= 15 is 0 Å². The van der Waals surface area contributed by atoms with E-state index in [1.807, 2.05) is 48.5 Å². The van der Waals surface area contributed by atoms with Crippen LogP contribution in [0.3, 0.4) is 0 Å². The van der Waals surface area contributed by atoms with E-state index in [-0.39, 0.29) is 18.1 Å². The monoisotopic (exact) mass is 418 g/mol. The molecule has 2 aromatic carbocycles. The first-order valence-corrected chi connectivity index (χ1v) is 11.0. The highest BCUT2D eigenvalue weighted by Gasteiger charge is 2.22. The average Bonchev–Trinajstić information content (AvgIpc) is 2.66. The van der Waals surface area contributed by atoms with Crippen molar-refractivity contribution >= 4 is 29.3 Å². The zero-order valence-electron chi connectivity index (χ0n) is 16.4. The number of ether oxygens (including phenoxy) is 1. The van der Waals surface area contributed by atoms with Gasteiger partial charge in [0.15, 0.2) is 0 Å². The van der Waals surface area contributed by atoms with Crippen molar-refractivity contribution in [2.75, 3.05) is 25.4 Å².